The van der Waals surface area contributed by atoms with Crippen LogP contribution in [0.15, 0.2) is 24.3 Å². The zero-order valence-electron chi connectivity index (χ0n) is 21.9. The van der Waals surface area contributed by atoms with Gasteiger partial charge in [0, 0.05) is 19.1 Å². The number of methoxy groups -OCH3 is 1. The van der Waals surface area contributed by atoms with E-state index in [1.54, 1.807) is 13.2 Å². The SMILES string of the molecule is CCCC=CC(=O)CCc1cc(OC2CCCC2)c(O)c(C2CC(OC)CCC2CC(C)C)c1. The van der Waals surface area contributed by atoms with E-state index < -0.39 is 0 Å². The van der Waals surface area contributed by atoms with Crippen molar-refractivity contribution in [2.24, 2.45) is 11.8 Å². The van der Waals surface area contributed by atoms with E-state index >= 15 is 0 Å². The Kier molecular flexibility index (Phi) is 10.5. The van der Waals surface area contributed by atoms with Gasteiger partial charge in [0.25, 0.3) is 0 Å². The largest absolute Gasteiger partial charge is 0.504 e. The number of hydrogen-bond donors (Lipinski definition) is 1. The first kappa shape index (κ1) is 26.8. The summed E-state index contributed by atoms with van der Waals surface area (Å²) in [5.74, 6) is 2.45. The molecule has 4 nitrogen and oxygen atoms in total. The Labute approximate surface area is 207 Å². The highest BCUT2D eigenvalue weighted by molar-refractivity contribution is 5.89. The third-order valence-electron chi connectivity index (χ3n) is 7.63. The molecular weight excluding hydrogens is 424 g/mol. The molecule has 2 fully saturated rings. The fraction of sp³-hybridized carbons (Fsp3) is 0.700. The second kappa shape index (κ2) is 13.3. The van der Waals surface area contributed by atoms with Crippen molar-refractivity contribution in [3.8, 4) is 11.5 Å². The predicted octanol–water partition coefficient (Wildman–Crippen LogP) is 7.52. The van der Waals surface area contributed by atoms with Crippen molar-refractivity contribution in [1.82, 2.24) is 0 Å². The van der Waals surface area contributed by atoms with Crippen molar-refractivity contribution in [3.05, 3.63) is 35.4 Å². The average Bonchev–Trinajstić information content (AvgIpc) is 3.33. The first-order valence-corrected chi connectivity index (χ1v) is 13.7. The molecular formula is C30H46O4. The number of phenolic OH excluding ortho intramolecular Hbond substituents is 1. The van der Waals surface area contributed by atoms with Crippen LogP contribution >= 0.6 is 0 Å². The molecule has 2 aliphatic carbocycles. The van der Waals surface area contributed by atoms with Crippen molar-refractivity contribution >= 4 is 5.78 Å². The highest BCUT2D eigenvalue weighted by Gasteiger charge is 2.34. The van der Waals surface area contributed by atoms with Crippen LogP contribution in [0.2, 0.25) is 0 Å². The molecule has 0 aromatic heterocycles. The normalized spacial score (nSPS) is 23.7. The van der Waals surface area contributed by atoms with Gasteiger partial charge in [0.2, 0.25) is 0 Å². The predicted molar refractivity (Wildman–Crippen MR) is 139 cm³/mol. The van der Waals surface area contributed by atoms with Crippen LogP contribution in [-0.4, -0.2) is 30.2 Å². The van der Waals surface area contributed by atoms with Crippen LogP contribution < -0.4 is 4.74 Å². The summed E-state index contributed by atoms with van der Waals surface area (Å²) in [6.07, 6.45) is 16.0. The number of carbonyl (C=O) groups is 1. The van der Waals surface area contributed by atoms with E-state index in [9.17, 15) is 9.90 Å². The Morgan fingerprint density at radius 2 is 1.91 bits per heavy atom. The Hall–Kier alpha value is -1.81. The molecule has 3 atom stereocenters. The highest BCUT2D eigenvalue weighted by Crippen LogP contribution is 2.48. The van der Waals surface area contributed by atoms with Crippen LogP contribution in [0.4, 0.5) is 0 Å². The van der Waals surface area contributed by atoms with Crippen molar-refractivity contribution in [3.63, 3.8) is 0 Å². The van der Waals surface area contributed by atoms with Crippen LogP contribution in [0.1, 0.15) is 108 Å². The second-order valence-electron chi connectivity index (χ2n) is 10.9. The monoisotopic (exact) mass is 470 g/mol. The van der Waals surface area contributed by atoms with Crippen molar-refractivity contribution in [2.75, 3.05) is 7.11 Å². The summed E-state index contributed by atoms with van der Waals surface area (Å²) >= 11 is 0. The number of ether oxygens (including phenoxy) is 2. The molecule has 0 heterocycles. The average molecular weight is 471 g/mol. The molecule has 0 bridgehead atoms. The van der Waals surface area contributed by atoms with Crippen LogP contribution in [0.25, 0.3) is 0 Å². The molecule has 0 aliphatic heterocycles. The van der Waals surface area contributed by atoms with Gasteiger partial charge in [-0.15, -0.1) is 0 Å². The number of allylic oxidation sites excluding steroid dienone is 2. The van der Waals surface area contributed by atoms with Gasteiger partial charge < -0.3 is 14.6 Å². The molecule has 2 saturated carbocycles. The van der Waals surface area contributed by atoms with E-state index in [2.05, 4.69) is 26.8 Å². The number of carbonyl (C=O) groups excluding carboxylic acids is 1. The fourth-order valence-electron chi connectivity index (χ4n) is 5.80. The Morgan fingerprint density at radius 3 is 2.59 bits per heavy atom. The maximum absolute atomic E-state index is 12.4. The number of hydrogen-bond acceptors (Lipinski definition) is 4. The zero-order chi connectivity index (χ0) is 24.5. The quantitative estimate of drug-likeness (QED) is 0.321. The van der Waals surface area contributed by atoms with E-state index in [1.807, 2.05) is 12.1 Å². The molecule has 0 radical (unpaired) electrons. The van der Waals surface area contributed by atoms with Gasteiger partial charge in [0.1, 0.15) is 0 Å². The smallest absolute Gasteiger partial charge is 0.161 e. The molecule has 0 amide bonds. The van der Waals surface area contributed by atoms with Crippen LogP contribution in [-0.2, 0) is 16.0 Å². The molecule has 0 spiro atoms. The molecule has 4 heteroatoms. The van der Waals surface area contributed by atoms with Crippen LogP contribution in [0, 0.1) is 11.8 Å². The summed E-state index contributed by atoms with van der Waals surface area (Å²) in [5, 5.41) is 11.4. The molecule has 0 saturated heterocycles. The third kappa shape index (κ3) is 7.60. The molecule has 3 rings (SSSR count). The lowest BCUT2D eigenvalue weighted by Crippen LogP contribution is -2.29. The minimum Gasteiger partial charge on any atom is -0.504 e. The van der Waals surface area contributed by atoms with Gasteiger partial charge in [0.05, 0.1) is 12.2 Å². The summed E-state index contributed by atoms with van der Waals surface area (Å²) in [7, 11) is 1.80. The number of phenols is 1. The molecule has 1 aromatic carbocycles. The maximum Gasteiger partial charge on any atom is 0.161 e. The number of aromatic hydroxyl groups is 1. The number of aryl methyl sites for hydroxylation is 1. The first-order valence-electron chi connectivity index (χ1n) is 13.7. The number of unbranched alkanes of at least 4 members (excludes halogenated alkanes) is 1. The number of ketones is 1. The molecule has 34 heavy (non-hydrogen) atoms. The summed E-state index contributed by atoms with van der Waals surface area (Å²) < 4.78 is 12.1. The Morgan fingerprint density at radius 1 is 1.15 bits per heavy atom. The minimum absolute atomic E-state index is 0.163. The Bertz CT molecular complexity index is 806. The van der Waals surface area contributed by atoms with Gasteiger partial charge in [0.15, 0.2) is 17.3 Å². The van der Waals surface area contributed by atoms with Gasteiger partial charge >= 0.3 is 0 Å². The molecule has 1 aromatic rings. The van der Waals surface area contributed by atoms with E-state index in [4.69, 9.17) is 9.47 Å². The molecule has 2 aliphatic rings. The highest BCUT2D eigenvalue weighted by atomic mass is 16.5. The van der Waals surface area contributed by atoms with Crippen molar-refractivity contribution in [1.29, 1.82) is 0 Å². The number of benzene rings is 1. The maximum atomic E-state index is 12.4. The summed E-state index contributed by atoms with van der Waals surface area (Å²) in [5.41, 5.74) is 2.08. The van der Waals surface area contributed by atoms with Crippen LogP contribution in [0.3, 0.4) is 0 Å². The lowest BCUT2D eigenvalue weighted by molar-refractivity contribution is -0.114. The minimum atomic E-state index is 0.163. The van der Waals surface area contributed by atoms with E-state index in [0.29, 0.717) is 36.2 Å². The summed E-state index contributed by atoms with van der Waals surface area (Å²) in [4.78, 5) is 12.4. The van der Waals surface area contributed by atoms with Crippen LogP contribution in [0.5, 0.6) is 11.5 Å². The summed E-state index contributed by atoms with van der Waals surface area (Å²) in [6, 6.07) is 4.13. The lowest BCUT2D eigenvalue weighted by Gasteiger charge is -2.37. The molecule has 1 N–H and O–H groups in total. The summed E-state index contributed by atoms with van der Waals surface area (Å²) in [6.45, 7) is 6.68. The van der Waals surface area contributed by atoms with Gasteiger partial charge in [-0.25, -0.2) is 0 Å². The lowest BCUT2D eigenvalue weighted by atomic mass is 9.70. The van der Waals surface area contributed by atoms with Gasteiger partial charge in [-0.3, -0.25) is 4.79 Å². The zero-order valence-corrected chi connectivity index (χ0v) is 21.9. The van der Waals surface area contributed by atoms with E-state index in [0.717, 1.165) is 62.5 Å². The van der Waals surface area contributed by atoms with Gasteiger partial charge in [-0.05, 0) is 99.7 Å². The van der Waals surface area contributed by atoms with E-state index in [1.165, 1.54) is 12.8 Å². The van der Waals surface area contributed by atoms with Gasteiger partial charge in [-0.1, -0.05) is 39.3 Å². The third-order valence-corrected chi connectivity index (χ3v) is 7.63. The second-order valence-corrected chi connectivity index (χ2v) is 10.9. The number of rotatable bonds is 12. The Balaban J connectivity index is 1.89. The van der Waals surface area contributed by atoms with Crippen molar-refractivity contribution in [2.45, 2.75) is 116 Å². The topological polar surface area (TPSA) is 55.8 Å². The molecule has 190 valence electrons. The molecule has 3 unspecified atom stereocenters. The van der Waals surface area contributed by atoms with E-state index in [-0.39, 0.29) is 23.9 Å². The fourth-order valence-corrected chi connectivity index (χ4v) is 5.80. The van der Waals surface area contributed by atoms with Crippen molar-refractivity contribution < 1.29 is 19.4 Å². The standard InChI is InChI=1S/C30H46O4/c1-5-6-7-10-24(31)15-13-22-18-28(30(32)29(19-22)34-25-11-8-9-12-25)27-20-26(33-4)16-14-23(27)17-21(2)3/h7,10,18-19,21,23,25-27,32H,5-6,8-9,11-17,20H2,1-4H3. The van der Waals surface area contributed by atoms with Gasteiger partial charge in [-0.2, -0.15) is 0 Å². The first-order chi connectivity index (χ1) is 16.4.